The van der Waals surface area contributed by atoms with Crippen LogP contribution in [0.5, 0.6) is 5.75 Å². The number of hydrogen-bond donors (Lipinski definition) is 1. The number of aryl methyl sites for hydroxylation is 1. The van der Waals surface area contributed by atoms with Gasteiger partial charge in [0.15, 0.2) is 0 Å². The number of alkyl halides is 2. The van der Waals surface area contributed by atoms with Gasteiger partial charge in [-0.15, -0.1) is 0 Å². The summed E-state index contributed by atoms with van der Waals surface area (Å²) in [6.07, 6.45) is -2.55. The van der Waals surface area contributed by atoms with Crippen LogP contribution in [0.1, 0.15) is 23.1 Å². The molecule has 0 saturated heterocycles. The highest BCUT2D eigenvalue weighted by Crippen LogP contribution is 2.33. The summed E-state index contributed by atoms with van der Waals surface area (Å²) < 4.78 is 30.5. The van der Waals surface area contributed by atoms with E-state index in [0.29, 0.717) is 12.1 Å². The third-order valence-corrected chi connectivity index (χ3v) is 2.19. The second-order valence-electron chi connectivity index (χ2n) is 3.37. The van der Waals surface area contributed by atoms with Crippen molar-refractivity contribution in [1.82, 2.24) is 5.48 Å². The first-order chi connectivity index (χ1) is 7.60. The fourth-order valence-electron chi connectivity index (χ4n) is 1.57. The maximum Gasteiger partial charge on any atom is 0.267 e. The van der Waals surface area contributed by atoms with Crippen molar-refractivity contribution in [2.45, 2.75) is 19.9 Å². The molecule has 0 heterocycles. The van der Waals surface area contributed by atoms with Crippen LogP contribution in [0.3, 0.4) is 0 Å². The van der Waals surface area contributed by atoms with E-state index >= 15 is 0 Å². The molecule has 5 heteroatoms. The number of ether oxygens (including phenoxy) is 1. The molecule has 0 aromatic heterocycles. The van der Waals surface area contributed by atoms with Gasteiger partial charge in [-0.3, -0.25) is 0 Å². The number of benzene rings is 1. The SMILES string of the molecule is CONCc1cc(C)cc(C(F)F)c1OC. The lowest BCUT2D eigenvalue weighted by Crippen LogP contribution is -2.12. The summed E-state index contributed by atoms with van der Waals surface area (Å²) in [5.41, 5.74) is 3.94. The Bertz CT molecular complexity index is 356. The van der Waals surface area contributed by atoms with Gasteiger partial charge in [0.2, 0.25) is 0 Å². The molecule has 0 fully saturated rings. The Morgan fingerprint density at radius 3 is 2.50 bits per heavy atom. The first-order valence-corrected chi connectivity index (χ1v) is 4.81. The second-order valence-corrected chi connectivity index (χ2v) is 3.37. The Hall–Kier alpha value is -1.20. The van der Waals surface area contributed by atoms with Crippen molar-refractivity contribution in [1.29, 1.82) is 0 Å². The van der Waals surface area contributed by atoms with Gasteiger partial charge in [-0.1, -0.05) is 11.6 Å². The number of rotatable bonds is 5. The average molecular weight is 231 g/mol. The predicted octanol–water partition coefficient (Wildman–Crippen LogP) is 2.59. The van der Waals surface area contributed by atoms with Crippen molar-refractivity contribution in [2.75, 3.05) is 14.2 Å². The van der Waals surface area contributed by atoms with Crippen LogP contribution in [0.4, 0.5) is 8.78 Å². The summed E-state index contributed by atoms with van der Waals surface area (Å²) in [6.45, 7) is 2.09. The number of halogens is 2. The maximum absolute atomic E-state index is 12.8. The molecular formula is C11H15F2NO2. The van der Waals surface area contributed by atoms with Crippen molar-refractivity contribution in [3.63, 3.8) is 0 Å². The Morgan fingerprint density at radius 2 is 2.00 bits per heavy atom. The van der Waals surface area contributed by atoms with Gasteiger partial charge < -0.3 is 9.57 Å². The molecule has 1 aromatic carbocycles. The van der Waals surface area contributed by atoms with E-state index in [2.05, 4.69) is 5.48 Å². The second kappa shape index (κ2) is 5.77. The summed E-state index contributed by atoms with van der Waals surface area (Å²) >= 11 is 0. The van der Waals surface area contributed by atoms with Crippen LogP contribution >= 0.6 is 0 Å². The molecule has 0 aliphatic heterocycles. The van der Waals surface area contributed by atoms with Gasteiger partial charge in [-0.2, -0.15) is 5.48 Å². The van der Waals surface area contributed by atoms with E-state index in [1.807, 2.05) is 0 Å². The fraction of sp³-hybridized carbons (Fsp3) is 0.455. The molecule has 0 saturated carbocycles. The molecule has 1 aromatic rings. The van der Waals surface area contributed by atoms with Crippen molar-refractivity contribution in [3.8, 4) is 5.75 Å². The Kier molecular flexibility index (Phi) is 4.64. The summed E-state index contributed by atoms with van der Waals surface area (Å²) in [7, 11) is 2.85. The van der Waals surface area contributed by atoms with Gasteiger partial charge in [0.1, 0.15) is 5.75 Å². The minimum Gasteiger partial charge on any atom is -0.496 e. The van der Waals surface area contributed by atoms with E-state index < -0.39 is 6.43 Å². The van der Waals surface area contributed by atoms with Crippen molar-refractivity contribution >= 4 is 0 Å². The average Bonchev–Trinajstić information content (AvgIpc) is 2.25. The fourth-order valence-corrected chi connectivity index (χ4v) is 1.57. The summed E-state index contributed by atoms with van der Waals surface area (Å²) in [4.78, 5) is 4.69. The highest BCUT2D eigenvalue weighted by molar-refractivity contribution is 5.45. The van der Waals surface area contributed by atoms with Gasteiger partial charge in [0.25, 0.3) is 6.43 Å². The molecule has 0 aliphatic rings. The summed E-state index contributed by atoms with van der Waals surface area (Å²) in [5.74, 6) is 0.213. The zero-order valence-electron chi connectivity index (χ0n) is 9.51. The molecule has 16 heavy (non-hydrogen) atoms. The maximum atomic E-state index is 12.8. The zero-order valence-corrected chi connectivity index (χ0v) is 9.51. The molecule has 0 unspecified atom stereocenters. The molecule has 0 spiro atoms. The van der Waals surface area contributed by atoms with Crippen molar-refractivity contribution in [2.24, 2.45) is 0 Å². The van der Waals surface area contributed by atoms with Crippen molar-refractivity contribution < 1.29 is 18.4 Å². The molecule has 90 valence electrons. The van der Waals surface area contributed by atoms with Gasteiger partial charge in [0, 0.05) is 12.1 Å². The monoisotopic (exact) mass is 231 g/mol. The Balaban J connectivity index is 3.14. The van der Waals surface area contributed by atoms with Crippen LogP contribution in [-0.2, 0) is 11.4 Å². The Morgan fingerprint density at radius 1 is 1.31 bits per heavy atom. The molecule has 0 atom stereocenters. The van der Waals surface area contributed by atoms with Gasteiger partial charge >= 0.3 is 0 Å². The first-order valence-electron chi connectivity index (χ1n) is 4.81. The van der Waals surface area contributed by atoms with Gasteiger partial charge in [-0.05, 0) is 13.0 Å². The Labute approximate surface area is 93.3 Å². The van der Waals surface area contributed by atoms with Crippen LogP contribution in [0.25, 0.3) is 0 Å². The van der Waals surface area contributed by atoms with Crippen LogP contribution in [-0.4, -0.2) is 14.2 Å². The molecule has 3 nitrogen and oxygen atoms in total. The summed E-state index contributed by atoms with van der Waals surface area (Å²) in [6, 6.07) is 3.22. The first kappa shape index (κ1) is 12.9. The predicted molar refractivity (Wildman–Crippen MR) is 56.5 cm³/mol. The minimum absolute atomic E-state index is 0.0876. The quantitative estimate of drug-likeness (QED) is 0.790. The van der Waals surface area contributed by atoms with Crippen LogP contribution in [0.2, 0.25) is 0 Å². The largest absolute Gasteiger partial charge is 0.496 e. The number of hydrogen-bond acceptors (Lipinski definition) is 3. The normalized spacial score (nSPS) is 10.9. The topological polar surface area (TPSA) is 30.5 Å². The van der Waals surface area contributed by atoms with E-state index in [-0.39, 0.29) is 11.3 Å². The van der Waals surface area contributed by atoms with E-state index in [9.17, 15) is 8.78 Å². The number of nitrogens with one attached hydrogen (secondary N) is 1. The van der Waals surface area contributed by atoms with Crippen LogP contribution < -0.4 is 10.2 Å². The van der Waals surface area contributed by atoms with E-state index in [1.165, 1.54) is 20.3 Å². The van der Waals surface area contributed by atoms with E-state index in [4.69, 9.17) is 9.57 Å². The minimum atomic E-state index is -2.55. The summed E-state index contributed by atoms with van der Waals surface area (Å²) in [5, 5.41) is 0. The lowest BCUT2D eigenvalue weighted by molar-refractivity contribution is 0.0858. The lowest BCUT2D eigenvalue weighted by Gasteiger charge is -2.14. The van der Waals surface area contributed by atoms with Crippen molar-refractivity contribution in [3.05, 3.63) is 28.8 Å². The van der Waals surface area contributed by atoms with Crippen LogP contribution in [0.15, 0.2) is 12.1 Å². The molecule has 0 radical (unpaired) electrons. The molecule has 0 aliphatic carbocycles. The number of hydroxylamine groups is 1. The van der Waals surface area contributed by atoms with Gasteiger partial charge in [0.05, 0.1) is 19.8 Å². The highest BCUT2D eigenvalue weighted by Gasteiger charge is 2.17. The smallest absolute Gasteiger partial charge is 0.267 e. The van der Waals surface area contributed by atoms with Crippen LogP contribution in [0, 0.1) is 6.92 Å². The highest BCUT2D eigenvalue weighted by atomic mass is 19.3. The molecular weight excluding hydrogens is 216 g/mol. The van der Waals surface area contributed by atoms with Gasteiger partial charge in [-0.25, -0.2) is 8.78 Å². The van der Waals surface area contributed by atoms with E-state index in [0.717, 1.165) is 5.56 Å². The third kappa shape index (κ3) is 2.90. The molecule has 1 N–H and O–H groups in total. The molecule has 1 rings (SSSR count). The molecule has 0 amide bonds. The zero-order chi connectivity index (χ0) is 12.1. The number of methoxy groups -OCH3 is 1. The van der Waals surface area contributed by atoms with E-state index in [1.54, 1.807) is 13.0 Å². The standard InChI is InChI=1S/C11H15F2NO2/c1-7-4-8(6-14-16-3)10(15-2)9(5-7)11(12)13/h4-5,11,14H,6H2,1-3H3. The molecule has 0 bridgehead atoms. The lowest BCUT2D eigenvalue weighted by atomic mass is 10.0. The third-order valence-electron chi connectivity index (χ3n) is 2.19.